The first-order valence-corrected chi connectivity index (χ1v) is 8.65. The molecule has 0 radical (unpaired) electrons. The van der Waals surface area contributed by atoms with Crippen molar-refractivity contribution in [1.29, 1.82) is 0 Å². The SMILES string of the molecule is CC1COc2ccccc2N1S(=O)(=O)c1ccc(Cl)s1. The van der Waals surface area contributed by atoms with E-state index in [-0.39, 0.29) is 10.3 Å². The summed E-state index contributed by atoms with van der Waals surface area (Å²) in [6.45, 7) is 2.15. The number of hydrogen-bond acceptors (Lipinski definition) is 4. The largest absolute Gasteiger partial charge is 0.489 e. The molecule has 0 amide bonds. The highest BCUT2D eigenvalue weighted by atomic mass is 35.5. The van der Waals surface area contributed by atoms with E-state index < -0.39 is 10.0 Å². The van der Waals surface area contributed by atoms with Crippen LogP contribution in [0.25, 0.3) is 0 Å². The third-order valence-corrected chi connectivity index (χ3v) is 6.67. The summed E-state index contributed by atoms with van der Waals surface area (Å²) in [7, 11) is -3.62. The Labute approximate surface area is 126 Å². The molecule has 7 heteroatoms. The molecular weight excluding hydrogens is 318 g/mol. The lowest BCUT2D eigenvalue weighted by Crippen LogP contribution is -2.44. The number of anilines is 1. The smallest absolute Gasteiger partial charge is 0.274 e. The van der Waals surface area contributed by atoms with E-state index >= 15 is 0 Å². The summed E-state index contributed by atoms with van der Waals surface area (Å²) in [5, 5.41) is 0. The Kier molecular flexibility index (Phi) is 3.40. The first-order chi connectivity index (χ1) is 9.50. The van der Waals surface area contributed by atoms with Gasteiger partial charge in [-0.2, -0.15) is 0 Å². The van der Waals surface area contributed by atoms with Gasteiger partial charge in [0, 0.05) is 0 Å². The number of ether oxygens (including phenoxy) is 1. The van der Waals surface area contributed by atoms with Crippen molar-refractivity contribution in [3.05, 3.63) is 40.7 Å². The van der Waals surface area contributed by atoms with Crippen LogP contribution < -0.4 is 9.04 Å². The summed E-state index contributed by atoms with van der Waals surface area (Å²) in [5.74, 6) is 0.580. The summed E-state index contributed by atoms with van der Waals surface area (Å²) < 4.78 is 33.3. The standard InChI is InChI=1S/C13H12ClNO3S2/c1-9-8-18-11-5-3-2-4-10(11)15(9)20(16,17)13-7-6-12(14)19-13/h2-7,9H,8H2,1H3. The number of thiophene rings is 1. The molecule has 1 aromatic heterocycles. The summed E-state index contributed by atoms with van der Waals surface area (Å²) in [6, 6.07) is 9.99. The van der Waals surface area contributed by atoms with Gasteiger partial charge >= 0.3 is 0 Å². The molecule has 1 aliphatic heterocycles. The van der Waals surface area contributed by atoms with Crippen LogP contribution >= 0.6 is 22.9 Å². The Morgan fingerprint density at radius 2 is 2.05 bits per heavy atom. The highest BCUT2D eigenvalue weighted by Gasteiger charge is 2.35. The van der Waals surface area contributed by atoms with E-state index in [4.69, 9.17) is 16.3 Å². The predicted molar refractivity (Wildman–Crippen MR) is 80.4 cm³/mol. The van der Waals surface area contributed by atoms with Crippen LogP contribution in [0.15, 0.2) is 40.6 Å². The molecule has 1 atom stereocenters. The maximum atomic E-state index is 12.8. The topological polar surface area (TPSA) is 46.6 Å². The number of fused-ring (bicyclic) bond motifs is 1. The molecule has 1 aliphatic rings. The molecule has 0 aliphatic carbocycles. The molecule has 0 fully saturated rings. The molecule has 106 valence electrons. The van der Waals surface area contributed by atoms with Gasteiger partial charge in [0.25, 0.3) is 10.0 Å². The zero-order chi connectivity index (χ0) is 14.3. The van der Waals surface area contributed by atoms with Gasteiger partial charge in [0.05, 0.1) is 16.1 Å². The number of halogens is 1. The Morgan fingerprint density at radius 1 is 1.30 bits per heavy atom. The first kappa shape index (κ1) is 13.7. The van der Waals surface area contributed by atoms with E-state index in [0.29, 0.717) is 22.4 Å². The van der Waals surface area contributed by atoms with Gasteiger partial charge in [-0.15, -0.1) is 11.3 Å². The third kappa shape index (κ3) is 2.17. The Balaban J connectivity index is 2.13. The van der Waals surface area contributed by atoms with Crippen molar-refractivity contribution in [2.75, 3.05) is 10.9 Å². The van der Waals surface area contributed by atoms with Crippen LogP contribution in [0.1, 0.15) is 6.92 Å². The van der Waals surface area contributed by atoms with Crippen LogP contribution in [0.3, 0.4) is 0 Å². The fourth-order valence-electron chi connectivity index (χ4n) is 2.18. The zero-order valence-corrected chi connectivity index (χ0v) is 13.0. The monoisotopic (exact) mass is 329 g/mol. The number of nitrogens with zero attached hydrogens (tertiary/aromatic N) is 1. The van der Waals surface area contributed by atoms with Gasteiger partial charge < -0.3 is 4.74 Å². The van der Waals surface area contributed by atoms with E-state index in [1.807, 2.05) is 13.0 Å². The van der Waals surface area contributed by atoms with Crippen LogP contribution in [0.5, 0.6) is 5.75 Å². The normalized spacial score (nSPS) is 18.5. The number of hydrogen-bond donors (Lipinski definition) is 0. The second-order valence-corrected chi connectivity index (χ2v) is 8.24. The summed E-state index contributed by atoms with van der Waals surface area (Å²) in [5.41, 5.74) is 0.566. The van der Waals surface area contributed by atoms with Crippen molar-refractivity contribution in [1.82, 2.24) is 0 Å². The molecular formula is C13H12ClNO3S2. The van der Waals surface area contributed by atoms with Gasteiger partial charge in [-0.1, -0.05) is 23.7 Å². The first-order valence-electron chi connectivity index (χ1n) is 6.02. The van der Waals surface area contributed by atoms with Gasteiger partial charge in [-0.05, 0) is 31.2 Å². The lowest BCUT2D eigenvalue weighted by molar-refractivity contribution is 0.281. The zero-order valence-electron chi connectivity index (χ0n) is 10.6. The molecule has 1 aromatic carbocycles. The van der Waals surface area contributed by atoms with Crippen molar-refractivity contribution < 1.29 is 13.2 Å². The van der Waals surface area contributed by atoms with E-state index in [1.54, 1.807) is 24.3 Å². The van der Waals surface area contributed by atoms with E-state index in [1.165, 1.54) is 10.4 Å². The quantitative estimate of drug-likeness (QED) is 0.848. The van der Waals surface area contributed by atoms with Crippen molar-refractivity contribution in [2.24, 2.45) is 0 Å². The lowest BCUT2D eigenvalue weighted by atomic mass is 10.2. The molecule has 3 rings (SSSR count). The Morgan fingerprint density at radius 3 is 2.75 bits per heavy atom. The van der Waals surface area contributed by atoms with Crippen LogP contribution in [-0.2, 0) is 10.0 Å². The molecule has 0 N–H and O–H groups in total. The molecule has 20 heavy (non-hydrogen) atoms. The highest BCUT2D eigenvalue weighted by molar-refractivity contribution is 7.94. The fourth-order valence-corrected chi connectivity index (χ4v) is 5.40. The summed E-state index contributed by atoms with van der Waals surface area (Å²) in [6.07, 6.45) is 0. The minimum absolute atomic E-state index is 0.242. The fraction of sp³-hybridized carbons (Fsp3) is 0.231. The molecule has 0 saturated heterocycles. The van der Waals surface area contributed by atoms with Crippen molar-refractivity contribution in [3.8, 4) is 5.75 Å². The number of rotatable bonds is 2. The highest BCUT2D eigenvalue weighted by Crippen LogP contribution is 2.39. The van der Waals surface area contributed by atoms with Crippen molar-refractivity contribution in [2.45, 2.75) is 17.2 Å². The van der Waals surface area contributed by atoms with Gasteiger partial charge in [0.1, 0.15) is 16.6 Å². The number of para-hydroxylation sites is 2. The van der Waals surface area contributed by atoms with Crippen LogP contribution in [-0.4, -0.2) is 21.1 Å². The minimum atomic E-state index is -3.62. The van der Waals surface area contributed by atoms with Gasteiger partial charge in [-0.25, -0.2) is 8.42 Å². The summed E-state index contributed by atoms with van der Waals surface area (Å²) >= 11 is 6.91. The van der Waals surface area contributed by atoms with Crippen molar-refractivity contribution >= 4 is 38.6 Å². The maximum absolute atomic E-state index is 12.8. The minimum Gasteiger partial charge on any atom is -0.489 e. The maximum Gasteiger partial charge on any atom is 0.274 e. The van der Waals surface area contributed by atoms with Gasteiger partial charge in [0.15, 0.2) is 0 Å². The van der Waals surface area contributed by atoms with Crippen LogP contribution in [0, 0.1) is 0 Å². The van der Waals surface area contributed by atoms with E-state index in [9.17, 15) is 8.42 Å². The molecule has 0 bridgehead atoms. The molecule has 2 aromatic rings. The van der Waals surface area contributed by atoms with Gasteiger partial charge in [-0.3, -0.25) is 4.31 Å². The van der Waals surface area contributed by atoms with Crippen molar-refractivity contribution in [3.63, 3.8) is 0 Å². The predicted octanol–water partition coefficient (Wildman–Crippen LogP) is 3.38. The molecule has 1 unspecified atom stereocenters. The molecule has 2 heterocycles. The van der Waals surface area contributed by atoms with E-state index in [2.05, 4.69) is 0 Å². The van der Waals surface area contributed by atoms with E-state index in [0.717, 1.165) is 11.3 Å². The third-order valence-electron chi connectivity index (χ3n) is 3.04. The second-order valence-electron chi connectivity index (χ2n) is 4.49. The van der Waals surface area contributed by atoms with Gasteiger partial charge in [0.2, 0.25) is 0 Å². The molecule has 4 nitrogen and oxygen atoms in total. The molecule has 0 spiro atoms. The average Bonchev–Trinajstić information content (AvgIpc) is 2.85. The number of benzene rings is 1. The molecule has 0 saturated carbocycles. The average molecular weight is 330 g/mol. The number of sulfonamides is 1. The lowest BCUT2D eigenvalue weighted by Gasteiger charge is -2.35. The van der Waals surface area contributed by atoms with Crippen LogP contribution in [0.2, 0.25) is 4.34 Å². The summed E-state index contributed by atoms with van der Waals surface area (Å²) in [4.78, 5) is 0. The van der Waals surface area contributed by atoms with Crippen LogP contribution in [0.4, 0.5) is 5.69 Å². The Bertz CT molecular complexity index is 742. The second kappa shape index (κ2) is 4.95. The Hall–Kier alpha value is -1.24.